The maximum absolute atomic E-state index is 12.6. The number of hydrogen-bond acceptors (Lipinski definition) is 6. The Morgan fingerprint density at radius 1 is 0.800 bits per heavy atom. The summed E-state index contributed by atoms with van der Waals surface area (Å²) >= 11 is 0. The third-order valence-corrected chi connectivity index (χ3v) is 4.49. The van der Waals surface area contributed by atoms with Gasteiger partial charge in [-0.05, 0) is 32.1 Å². The van der Waals surface area contributed by atoms with Crippen molar-refractivity contribution in [2.24, 2.45) is 5.92 Å². The van der Waals surface area contributed by atoms with Crippen molar-refractivity contribution in [3.05, 3.63) is 48.8 Å². The molecule has 0 saturated carbocycles. The van der Waals surface area contributed by atoms with Gasteiger partial charge in [0.1, 0.15) is 5.92 Å². The average Bonchev–Trinajstić information content (AvgIpc) is 2.76. The van der Waals surface area contributed by atoms with E-state index < -0.39 is 23.6 Å². The fraction of sp³-hybridized carbons (Fsp3) is 0.542. The molecule has 0 saturated heterocycles. The fourth-order valence-corrected chi connectivity index (χ4v) is 2.79. The summed E-state index contributed by atoms with van der Waals surface area (Å²) in [5.41, 5.74) is 0. The van der Waals surface area contributed by atoms with Crippen LogP contribution in [0.15, 0.2) is 48.8 Å². The number of esters is 2. The van der Waals surface area contributed by atoms with Crippen LogP contribution >= 0.6 is 0 Å². The van der Waals surface area contributed by atoms with Crippen LogP contribution in [-0.2, 0) is 28.6 Å². The molecule has 0 fully saturated rings. The highest BCUT2D eigenvalue weighted by Crippen LogP contribution is 2.19. The number of unbranched alkanes of at least 4 members (excludes halogenated alkanes) is 5. The van der Waals surface area contributed by atoms with Gasteiger partial charge in [-0.3, -0.25) is 9.59 Å². The van der Waals surface area contributed by atoms with Crippen LogP contribution in [0.1, 0.15) is 57.8 Å². The second-order valence-corrected chi connectivity index (χ2v) is 6.72. The molecule has 0 amide bonds. The summed E-state index contributed by atoms with van der Waals surface area (Å²) < 4.78 is 14.2. The van der Waals surface area contributed by atoms with Gasteiger partial charge in [-0.1, -0.05) is 56.1 Å². The molecule has 0 aromatic heterocycles. The van der Waals surface area contributed by atoms with E-state index in [1.807, 2.05) is 6.08 Å². The quantitative estimate of drug-likeness (QED) is 0.0835. The standard InChI is InChI=1S/C24H36O6/c1-5-6-7-8-9-10-11-12-13-14-15-16-17-18-20(24(27)30-4)23(26)21(28-2)19-22(25)29-3/h5,7-8,10-11,19-20H,1,6,9,12-18H2,2-4H3/b8-7-,11-10-,21-19-. The van der Waals surface area contributed by atoms with Gasteiger partial charge in [-0.15, -0.1) is 6.58 Å². The van der Waals surface area contributed by atoms with Crippen LogP contribution in [-0.4, -0.2) is 39.1 Å². The van der Waals surface area contributed by atoms with E-state index in [1.165, 1.54) is 21.3 Å². The number of Topliss-reactive ketones (excluding diaryl/α,β-unsaturated/α-hetero) is 1. The maximum atomic E-state index is 12.6. The van der Waals surface area contributed by atoms with Crippen molar-refractivity contribution in [1.82, 2.24) is 0 Å². The number of carbonyl (C=O) groups excluding carboxylic acids is 3. The van der Waals surface area contributed by atoms with E-state index in [0.29, 0.717) is 12.8 Å². The molecule has 0 aromatic carbocycles. The molecule has 0 aliphatic carbocycles. The second kappa shape index (κ2) is 18.4. The van der Waals surface area contributed by atoms with Crippen molar-refractivity contribution < 1.29 is 28.6 Å². The summed E-state index contributed by atoms with van der Waals surface area (Å²) in [5.74, 6) is -3.10. The van der Waals surface area contributed by atoms with E-state index in [2.05, 4.69) is 35.6 Å². The van der Waals surface area contributed by atoms with E-state index >= 15 is 0 Å². The Kier molecular flexibility index (Phi) is 16.8. The van der Waals surface area contributed by atoms with Crippen molar-refractivity contribution in [3.8, 4) is 0 Å². The van der Waals surface area contributed by atoms with Crippen LogP contribution < -0.4 is 0 Å². The van der Waals surface area contributed by atoms with E-state index in [4.69, 9.17) is 9.47 Å². The first-order chi connectivity index (χ1) is 14.5. The number of ketones is 1. The number of carbonyl (C=O) groups is 3. The highest BCUT2D eigenvalue weighted by atomic mass is 16.5. The van der Waals surface area contributed by atoms with Crippen LogP contribution in [0.25, 0.3) is 0 Å². The molecule has 0 bridgehead atoms. The van der Waals surface area contributed by atoms with E-state index in [-0.39, 0.29) is 5.76 Å². The zero-order valence-electron chi connectivity index (χ0n) is 18.6. The molecule has 0 radical (unpaired) electrons. The first-order valence-corrected chi connectivity index (χ1v) is 10.4. The SMILES string of the molecule is C=CC/C=C\C/C=C\CCCCCCCC(C(=O)OC)C(=O)/C(=C/C(=O)OC)OC. The van der Waals surface area contributed by atoms with E-state index in [0.717, 1.165) is 51.0 Å². The Bertz CT molecular complexity index is 615. The van der Waals surface area contributed by atoms with Crippen LogP contribution in [0, 0.1) is 5.92 Å². The van der Waals surface area contributed by atoms with Crippen molar-refractivity contribution in [2.75, 3.05) is 21.3 Å². The smallest absolute Gasteiger partial charge is 0.334 e. The average molecular weight is 421 g/mol. The Labute approximate surface area is 180 Å². The minimum atomic E-state index is -0.983. The van der Waals surface area contributed by atoms with Crippen molar-refractivity contribution in [3.63, 3.8) is 0 Å². The Balaban J connectivity index is 4.28. The second-order valence-electron chi connectivity index (χ2n) is 6.72. The number of allylic oxidation sites excluding steroid dienone is 6. The van der Waals surface area contributed by atoms with Gasteiger partial charge in [0, 0.05) is 0 Å². The monoisotopic (exact) mass is 420 g/mol. The highest BCUT2D eigenvalue weighted by Gasteiger charge is 2.30. The number of ether oxygens (including phenoxy) is 3. The third-order valence-electron chi connectivity index (χ3n) is 4.49. The van der Waals surface area contributed by atoms with Gasteiger partial charge < -0.3 is 14.2 Å². The molecule has 168 valence electrons. The molecular weight excluding hydrogens is 384 g/mol. The topological polar surface area (TPSA) is 78.9 Å². The summed E-state index contributed by atoms with van der Waals surface area (Å²) in [6.45, 7) is 3.67. The van der Waals surface area contributed by atoms with E-state index in [1.54, 1.807) is 0 Å². The first-order valence-electron chi connectivity index (χ1n) is 10.4. The van der Waals surface area contributed by atoms with Gasteiger partial charge in [0.05, 0.1) is 27.4 Å². The fourth-order valence-electron chi connectivity index (χ4n) is 2.79. The molecule has 0 rings (SSSR count). The van der Waals surface area contributed by atoms with Gasteiger partial charge >= 0.3 is 11.9 Å². The van der Waals surface area contributed by atoms with Crippen molar-refractivity contribution in [2.45, 2.75) is 57.8 Å². The first kappa shape index (κ1) is 27.4. The van der Waals surface area contributed by atoms with Gasteiger partial charge in [-0.25, -0.2) is 4.79 Å². The Morgan fingerprint density at radius 3 is 2.07 bits per heavy atom. The van der Waals surface area contributed by atoms with Crippen LogP contribution in [0.4, 0.5) is 0 Å². The molecule has 30 heavy (non-hydrogen) atoms. The van der Waals surface area contributed by atoms with Crippen LogP contribution in [0.2, 0.25) is 0 Å². The molecule has 0 spiro atoms. The zero-order chi connectivity index (χ0) is 22.6. The van der Waals surface area contributed by atoms with Crippen molar-refractivity contribution in [1.29, 1.82) is 0 Å². The van der Waals surface area contributed by atoms with Gasteiger partial charge in [0.25, 0.3) is 0 Å². The van der Waals surface area contributed by atoms with Gasteiger partial charge in [0.2, 0.25) is 5.78 Å². The Hall–Kier alpha value is -2.63. The van der Waals surface area contributed by atoms with Gasteiger partial charge in [0.15, 0.2) is 5.76 Å². The normalized spacial score (nSPS) is 12.7. The molecule has 0 aliphatic rings. The predicted octanol–water partition coefficient (Wildman–Crippen LogP) is 4.86. The zero-order valence-corrected chi connectivity index (χ0v) is 18.6. The molecule has 1 unspecified atom stereocenters. The molecule has 0 N–H and O–H groups in total. The third kappa shape index (κ3) is 12.8. The minimum Gasteiger partial charge on any atom is -0.493 e. The summed E-state index contributed by atoms with van der Waals surface area (Å²) in [6.07, 6.45) is 19.5. The Morgan fingerprint density at radius 2 is 1.43 bits per heavy atom. The van der Waals surface area contributed by atoms with Crippen LogP contribution in [0.5, 0.6) is 0 Å². The molecular formula is C24H36O6. The molecule has 6 heteroatoms. The highest BCUT2D eigenvalue weighted by molar-refractivity contribution is 6.09. The summed E-state index contributed by atoms with van der Waals surface area (Å²) in [7, 11) is 3.71. The maximum Gasteiger partial charge on any atom is 0.334 e. The summed E-state index contributed by atoms with van der Waals surface area (Å²) in [4.78, 5) is 36.0. The van der Waals surface area contributed by atoms with Crippen LogP contribution in [0.3, 0.4) is 0 Å². The lowest BCUT2D eigenvalue weighted by Gasteiger charge is -2.14. The lowest BCUT2D eigenvalue weighted by molar-refractivity contribution is -0.150. The van der Waals surface area contributed by atoms with Crippen molar-refractivity contribution >= 4 is 17.7 Å². The summed E-state index contributed by atoms with van der Waals surface area (Å²) in [5, 5.41) is 0. The number of rotatable bonds is 17. The minimum absolute atomic E-state index is 0.205. The lowest BCUT2D eigenvalue weighted by atomic mass is 9.94. The van der Waals surface area contributed by atoms with E-state index in [9.17, 15) is 14.4 Å². The van der Waals surface area contributed by atoms with Gasteiger partial charge in [-0.2, -0.15) is 0 Å². The molecule has 6 nitrogen and oxygen atoms in total. The lowest BCUT2D eigenvalue weighted by Crippen LogP contribution is -2.27. The molecule has 1 atom stereocenters. The molecule has 0 heterocycles. The number of hydrogen-bond donors (Lipinski definition) is 0. The molecule has 0 aromatic rings. The molecule has 0 aliphatic heterocycles. The largest absolute Gasteiger partial charge is 0.493 e. The summed E-state index contributed by atoms with van der Waals surface area (Å²) in [6, 6.07) is 0. The predicted molar refractivity (Wildman–Crippen MR) is 118 cm³/mol. The number of methoxy groups -OCH3 is 3.